The van der Waals surface area contributed by atoms with E-state index in [0.29, 0.717) is 6.42 Å². The van der Waals surface area contributed by atoms with Crippen molar-refractivity contribution in [1.29, 1.82) is 0 Å². The van der Waals surface area contributed by atoms with Gasteiger partial charge in [-0.25, -0.2) is 9.59 Å². The Morgan fingerprint density at radius 3 is 2.50 bits per heavy atom. The maximum absolute atomic E-state index is 12.1. The van der Waals surface area contributed by atoms with Gasteiger partial charge in [-0.15, -0.1) is 0 Å². The van der Waals surface area contributed by atoms with Crippen molar-refractivity contribution < 1.29 is 24.5 Å². The summed E-state index contributed by atoms with van der Waals surface area (Å²) in [5.41, 5.74) is 0.908. The Morgan fingerprint density at radius 1 is 1.23 bits per heavy atom. The standard InChI is InChI=1S/C15H21NO4S.H2O/c1-3-19-15(18)16-13(9-10-21-2)14(17)20-11-12-7-5-4-6-8-12;/h4-8,13H,3,9-11H2,1-2H3,(H,16,18);1H2. The molecule has 0 bridgehead atoms. The number of alkyl carbamates (subject to hydrolysis) is 1. The number of carbonyl (C=O) groups excluding carboxylic acids is 2. The molecule has 0 aliphatic heterocycles. The summed E-state index contributed by atoms with van der Waals surface area (Å²) in [5, 5.41) is 2.54. The van der Waals surface area contributed by atoms with E-state index in [-0.39, 0.29) is 18.7 Å². The molecule has 1 unspecified atom stereocenters. The van der Waals surface area contributed by atoms with Crippen LogP contribution in [0.1, 0.15) is 18.9 Å². The lowest BCUT2D eigenvalue weighted by molar-refractivity contribution is -0.147. The Balaban J connectivity index is 0.00000441. The van der Waals surface area contributed by atoms with Gasteiger partial charge in [-0.1, -0.05) is 30.3 Å². The molecule has 0 radical (unpaired) electrons. The number of hydrogen-bond donors (Lipinski definition) is 1. The lowest BCUT2D eigenvalue weighted by Crippen LogP contribution is -2.42. The van der Waals surface area contributed by atoms with Gasteiger partial charge >= 0.3 is 12.1 Å². The van der Waals surface area contributed by atoms with Crippen LogP contribution in [-0.2, 0) is 20.9 Å². The fraction of sp³-hybridized carbons (Fsp3) is 0.467. The zero-order valence-electron chi connectivity index (χ0n) is 12.8. The van der Waals surface area contributed by atoms with E-state index < -0.39 is 18.1 Å². The number of nitrogens with one attached hydrogen (secondary N) is 1. The van der Waals surface area contributed by atoms with Crippen LogP contribution in [0, 0.1) is 0 Å². The molecule has 0 aliphatic rings. The molecule has 0 spiro atoms. The van der Waals surface area contributed by atoms with Crippen LogP contribution in [0.25, 0.3) is 0 Å². The predicted octanol–water partition coefficient (Wildman–Crippen LogP) is 1.77. The SMILES string of the molecule is CCOC(=O)NC(CCSC)C(=O)OCc1ccccc1.O. The van der Waals surface area contributed by atoms with Crippen LogP contribution in [0.2, 0.25) is 0 Å². The highest BCUT2D eigenvalue weighted by atomic mass is 32.2. The first kappa shape index (κ1) is 20.3. The summed E-state index contributed by atoms with van der Waals surface area (Å²) >= 11 is 1.60. The molecule has 0 saturated heterocycles. The molecule has 0 aromatic heterocycles. The third-order valence-electron chi connectivity index (χ3n) is 2.69. The smallest absolute Gasteiger partial charge is 0.407 e. The van der Waals surface area contributed by atoms with Crippen molar-refractivity contribution in [3.63, 3.8) is 0 Å². The third kappa shape index (κ3) is 7.90. The molecule has 1 aromatic rings. The van der Waals surface area contributed by atoms with Crippen molar-refractivity contribution in [1.82, 2.24) is 5.32 Å². The molecule has 0 fully saturated rings. The summed E-state index contributed by atoms with van der Waals surface area (Å²) in [4.78, 5) is 23.5. The number of carbonyl (C=O) groups is 2. The molecule has 3 N–H and O–H groups in total. The van der Waals surface area contributed by atoms with Crippen molar-refractivity contribution in [2.45, 2.75) is 26.0 Å². The molecule has 0 heterocycles. The molecule has 1 atom stereocenters. The molecule has 1 aromatic carbocycles. The molecule has 7 heteroatoms. The highest BCUT2D eigenvalue weighted by Crippen LogP contribution is 2.06. The van der Waals surface area contributed by atoms with Crippen molar-refractivity contribution in [3.8, 4) is 0 Å². The second-order valence-corrected chi connectivity index (χ2v) is 5.28. The van der Waals surface area contributed by atoms with Gasteiger partial charge in [-0.2, -0.15) is 11.8 Å². The topological polar surface area (TPSA) is 96.1 Å². The third-order valence-corrected chi connectivity index (χ3v) is 3.33. The molecule has 124 valence electrons. The molecular weight excluding hydrogens is 306 g/mol. The van der Waals surface area contributed by atoms with E-state index in [0.717, 1.165) is 11.3 Å². The van der Waals surface area contributed by atoms with E-state index in [1.807, 2.05) is 36.6 Å². The number of benzene rings is 1. The van der Waals surface area contributed by atoms with Gasteiger partial charge in [-0.3, -0.25) is 0 Å². The van der Waals surface area contributed by atoms with Crippen LogP contribution < -0.4 is 5.32 Å². The van der Waals surface area contributed by atoms with E-state index >= 15 is 0 Å². The van der Waals surface area contributed by atoms with Gasteiger partial charge in [-0.05, 0) is 30.9 Å². The molecule has 1 amide bonds. The summed E-state index contributed by atoms with van der Waals surface area (Å²) in [6.07, 6.45) is 1.85. The maximum Gasteiger partial charge on any atom is 0.407 e. The Labute approximate surface area is 134 Å². The lowest BCUT2D eigenvalue weighted by atomic mass is 10.2. The van der Waals surface area contributed by atoms with Crippen LogP contribution in [0.5, 0.6) is 0 Å². The minimum absolute atomic E-state index is 0. The van der Waals surface area contributed by atoms with Crippen molar-refractivity contribution >= 4 is 23.8 Å². The molecule has 0 saturated carbocycles. The quantitative estimate of drug-likeness (QED) is 0.733. The average molecular weight is 329 g/mol. The second-order valence-electron chi connectivity index (χ2n) is 4.29. The molecule has 22 heavy (non-hydrogen) atoms. The molecule has 0 aliphatic carbocycles. The Kier molecular flexibility index (Phi) is 10.9. The van der Waals surface area contributed by atoms with Gasteiger partial charge < -0.3 is 20.3 Å². The highest BCUT2D eigenvalue weighted by molar-refractivity contribution is 7.98. The summed E-state index contributed by atoms with van der Waals surface area (Å²) in [7, 11) is 0. The Morgan fingerprint density at radius 2 is 1.91 bits per heavy atom. The van der Waals surface area contributed by atoms with Gasteiger partial charge in [0.15, 0.2) is 0 Å². The van der Waals surface area contributed by atoms with Gasteiger partial charge in [0, 0.05) is 0 Å². The fourth-order valence-corrected chi connectivity index (χ4v) is 2.10. The number of hydrogen-bond acceptors (Lipinski definition) is 5. The maximum atomic E-state index is 12.1. The number of ether oxygens (including phenoxy) is 2. The van der Waals surface area contributed by atoms with E-state index in [2.05, 4.69) is 5.32 Å². The summed E-state index contributed by atoms with van der Waals surface area (Å²) in [6, 6.07) is 8.73. The van der Waals surface area contributed by atoms with Crippen LogP contribution in [0.4, 0.5) is 4.79 Å². The second kappa shape index (κ2) is 11.9. The van der Waals surface area contributed by atoms with Crippen LogP contribution in [-0.4, -0.2) is 42.2 Å². The van der Waals surface area contributed by atoms with Crippen molar-refractivity contribution in [2.24, 2.45) is 0 Å². The molecule has 6 nitrogen and oxygen atoms in total. The zero-order chi connectivity index (χ0) is 15.5. The zero-order valence-corrected chi connectivity index (χ0v) is 13.7. The van der Waals surface area contributed by atoms with Gasteiger partial charge in [0.05, 0.1) is 6.61 Å². The van der Waals surface area contributed by atoms with Crippen LogP contribution in [0.3, 0.4) is 0 Å². The minimum atomic E-state index is -0.680. The largest absolute Gasteiger partial charge is 0.459 e. The van der Waals surface area contributed by atoms with Crippen molar-refractivity contribution in [3.05, 3.63) is 35.9 Å². The molecular formula is C15H23NO5S. The van der Waals surface area contributed by atoms with Gasteiger partial charge in [0.2, 0.25) is 0 Å². The Bertz CT molecular complexity index is 441. The van der Waals surface area contributed by atoms with E-state index in [9.17, 15) is 9.59 Å². The van der Waals surface area contributed by atoms with E-state index in [4.69, 9.17) is 9.47 Å². The minimum Gasteiger partial charge on any atom is -0.459 e. The lowest BCUT2D eigenvalue weighted by Gasteiger charge is -2.17. The highest BCUT2D eigenvalue weighted by Gasteiger charge is 2.22. The number of rotatable bonds is 8. The first-order chi connectivity index (χ1) is 10.2. The number of thioether (sulfide) groups is 1. The van der Waals surface area contributed by atoms with Gasteiger partial charge in [0.25, 0.3) is 0 Å². The summed E-state index contributed by atoms with van der Waals surface area (Å²) in [5.74, 6) is 0.304. The monoisotopic (exact) mass is 329 g/mol. The molecule has 1 rings (SSSR count). The first-order valence-corrected chi connectivity index (χ1v) is 8.19. The van der Waals surface area contributed by atoms with E-state index in [1.165, 1.54) is 0 Å². The predicted molar refractivity (Wildman–Crippen MR) is 86.8 cm³/mol. The summed E-state index contributed by atoms with van der Waals surface area (Å²) < 4.78 is 10.0. The Hall–Kier alpha value is -1.73. The van der Waals surface area contributed by atoms with Crippen molar-refractivity contribution in [2.75, 3.05) is 18.6 Å². The average Bonchev–Trinajstić information content (AvgIpc) is 2.50. The van der Waals surface area contributed by atoms with Crippen LogP contribution in [0.15, 0.2) is 30.3 Å². The normalized spacial score (nSPS) is 11.0. The number of esters is 1. The van der Waals surface area contributed by atoms with Crippen LogP contribution >= 0.6 is 11.8 Å². The summed E-state index contributed by atoms with van der Waals surface area (Å²) in [6.45, 7) is 2.17. The van der Waals surface area contributed by atoms with E-state index in [1.54, 1.807) is 18.7 Å². The van der Waals surface area contributed by atoms with Gasteiger partial charge in [0.1, 0.15) is 12.6 Å². The number of amides is 1. The fourth-order valence-electron chi connectivity index (χ4n) is 1.63. The first-order valence-electron chi connectivity index (χ1n) is 6.80.